The summed E-state index contributed by atoms with van der Waals surface area (Å²) >= 11 is 0. The molecular weight excluding hydrogens is 188 g/mol. The van der Waals surface area contributed by atoms with Gasteiger partial charge in [-0.05, 0) is 18.2 Å². The van der Waals surface area contributed by atoms with Crippen LogP contribution in [0.3, 0.4) is 0 Å². The van der Waals surface area contributed by atoms with E-state index < -0.39 is 6.43 Å². The second-order valence-corrected chi connectivity index (χ2v) is 2.67. The van der Waals surface area contributed by atoms with Gasteiger partial charge in [-0.1, -0.05) is 6.07 Å². The van der Waals surface area contributed by atoms with Gasteiger partial charge in [-0.2, -0.15) is 5.26 Å². The lowest BCUT2D eigenvalue weighted by atomic mass is 10.2. The predicted molar refractivity (Wildman–Crippen MR) is 47.3 cm³/mol. The first-order valence-electron chi connectivity index (χ1n) is 4.13. The van der Waals surface area contributed by atoms with Gasteiger partial charge < -0.3 is 4.74 Å². The van der Waals surface area contributed by atoms with Gasteiger partial charge >= 0.3 is 0 Å². The predicted octanol–water partition coefficient (Wildman–Crippen LogP) is 2.59. The van der Waals surface area contributed by atoms with E-state index in [9.17, 15) is 8.78 Å². The summed E-state index contributed by atoms with van der Waals surface area (Å²) in [7, 11) is 0. The van der Waals surface area contributed by atoms with Crippen LogP contribution in [-0.2, 0) is 0 Å². The van der Waals surface area contributed by atoms with Crippen LogP contribution in [0.1, 0.15) is 12.0 Å². The zero-order valence-electron chi connectivity index (χ0n) is 7.41. The maximum atomic E-state index is 11.8. The lowest BCUT2D eigenvalue weighted by Crippen LogP contribution is -2.02. The molecule has 0 saturated carbocycles. The number of nitrogens with zero attached hydrogens (tertiary/aromatic N) is 1. The summed E-state index contributed by atoms with van der Waals surface area (Å²) < 4.78 is 28.5. The van der Waals surface area contributed by atoms with Gasteiger partial charge in [0.2, 0.25) is 6.43 Å². The van der Waals surface area contributed by atoms with Crippen molar-refractivity contribution in [3.63, 3.8) is 0 Å². The fourth-order valence-electron chi connectivity index (χ4n) is 0.921. The van der Waals surface area contributed by atoms with Crippen molar-refractivity contribution < 1.29 is 13.5 Å². The molecule has 0 fully saturated rings. The molecule has 0 N–H and O–H groups in total. The minimum atomic E-state index is -2.35. The highest BCUT2D eigenvalue weighted by Crippen LogP contribution is 2.13. The Bertz CT molecular complexity index is 333. The van der Waals surface area contributed by atoms with E-state index in [1.165, 1.54) is 6.07 Å². The van der Waals surface area contributed by atoms with E-state index in [-0.39, 0.29) is 13.0 Å². The van der Waals surface area contributed by atoms with E-state index in [4.69, 9.17) is 10.00 Å². The Kier molecular flexibility index (Phi) is 3.86. The molecule has 0 unspecified atom stereocenters. The van der Waals surface area contributed by atoms with E-state index in [1.807, 2.05) is 6.07 Å². The molecule has 14 heavy (non-hydrogen) atoms. The SMILES string of the molecule is N#Cc1cccc(OCCC(F)F)c1. The molecule has 0 aromatic heterocycles. The van der Waals surface area contributed by atoms with Gasteiger partial charge in [0.25, 0.3) is 0 Å². The molecule has 0 radical (unpaired) electrons. The molecule has 0 amide bonds. The van der Waals surface area contributed by atoms with Crippen LogP contribution in [0.15, 0.2) is 24.3 Å². The molecule has 1 aromatic rings. The van der Waals surface area contributed by atoms with Gasteiger partial charge in [-0.3, -0.25) is 0 Å². The summed E-state index contributed by atoms with van der Waals surface area (Å²) in [4.78, 5) is 0. The first-order valence-corrected chi connectivity index (χ1v) is 4.13. The molecule has 0 spiro atoms. The third-order valence-electron chi connectivity index (χ3n) is 1.57. The maximum Gasteiger partial charge on any atom is 0.241 e. The number of hydrogen-bond donors (Lipinski definition) is 0. The van der Waals surface area contributed by atoms with Crippen molar-refractivity contribution in [2.75, 3.05) is 6.61 Å². The van der Waals surface area contributed by atoms with Crippen LogP contribution in [0.2, 0.25) is 0 Å². The molecule has 0 atom stereocenters. The van der Waals surface area contributed by atoms with Crippen LogP contribution in [0.4, 0.5) is 8.78 Å². The minimum absolute atomic E-state index is 0.0352. The molecule has 0 saturated heterocycles. The normalized spacial score (nSPS) is 9.86. The van der Waals surface area contributed by atoms with Crippen LogP contribution in [0, 0.1) is 11.3 Å². The number of alkyl halides is 2. The van der Waals surface area contributed by atoms with Crippen molar-refractivity contribution in [3.05, 3.63) is 29.8 Å². The largest absolute Gasteiger partial charge is 0.493 e. The third-order valence-corrected chi connectivity index (χ3v) is 1.57. The van der Waals surface area contributed by atoms with Crippen LogP contribution < -0.4 is 4.74 Å². The minimum Gasteiger partial charge on any atom is -0.493 e. The Morgan fingerprint density at radius 3 is 2.86 bits per heavy atom. The van der Waals surface area contributed by atoms with E-state index >= 15 is 0 Å². The standard InChI is InChI=1S/C10H9F2NO/c11-10(12)4-5-14-9-3-1-2-8(6-9)7-13/h1-3,6,10H,4-5H2. The first kappa shape index (κ1) is 10.5. The van der Waals surface area contributed by atoms with Gasteiger partial charge in [0.05, 0.1) is 18.2 Å². The topological polar surface area (TPSA) is 33.0 Å². The zero-order chi connectivity index (χ0) is 10.4. The molecule has 74 valence electrons. The third kappa shape index (κ3) is 3.40. The van der Waals surface area contributed by atoms with Crippen molar-refractivity contribution in [1.29, 1.82) is 5.26 Å². The molecule has 0 bridgehead atoms. The molecule has 0 aliphatic rings. The summed E-state index contributed by atoms with van der Waals surface area (Å²) in [6.07, 6.45) is -2.65. The molecule has 0 aliphatic heterocycles. The highest BCUT2D eigenvalue weighted by atomic mass is 19.3. The van der Waals surface area contributed by atoms with Crippen LogP contribution >= 0.6 is 0 Å². The fourth-order valence-corrected chi connectivity index (χ4v) is 0.921. The fraction of sp³-hybridized carbons (Fsp3) is 0.300. The second kappa shape index (κ2) is 5.18. The summed E-state index contributed by atoms with van der Waals surface area (Å²) in [5, 5.41) is 8.55. The average Bonchev–Trinajstić information content (AvgIpc) is 2.18. The Morgan fingerprint density at radius 1 is 1.43 bits per heavy atom. The summed E-state index contributed by atoms with van der Waals surface area (Å²) in [5.41, 5.74) is 0.458. The van der Waals surface area contributed by atoms with Crippen molar-refractivity contribution in [1.82, 2.24) is 0 Å². The summed E-state index contributed by atoms with van der Waals surface area (Å²) in [6.45, 7) is -0.0352. The monoisotopic (exact) mass is 197 g/mol. The van der Waals surface area contributed by atoms with E-state index in [0.29, 0.717) is 11.3 Å². The zero-order valence-corrected chi connectivity index (χ0v) is 7.41. The van der Waals surface area contributed by atoms with Gasteiger partial charge in [0.1, 0.15) is 5.75 Å². The highest BCUT2D eigenvalue weighted by molar-refractivity contribution is 5.36. The quantitative estimate of drug-likeness (QED) is 0.743. The Morgan fingerprint density at radius 2 is 2.21 bits per heavy atom. The Hall–Kier alpha value is -1.63. The second-order valence-electron chi connectivity index (χ2n) is 2.67. The smallest absolute Gasteiger partial charge is 0.241 e. The summed E-state index contributed by atoms with van der Waals surface area (Å²) in [6, 6.07) is 8.36. The number of benzene rings is 1. The van der Waals surface area contributed by atoms with Gasteiger partial charge in [-0.25, -0.2) is 8.78 Å². The number of nitriles is 1. The lowest BCUT2D eigenvalue weighted by Gasteiger charge is -2.05. The maximum absolute atomic E-state index is 11.8. The molecule has 4 heteroatoms. The van der Waals surface area contributed by atoms with Crippen LogP contribution in [0.25, 0.3) is 0 Å². The Balaban J connectivity index is 2.47. The molecular formula is C10H9F2NO. The average molecular weight is 197 g/mol. The van der Waals surface area contributed by atoms with Gasteiger partial charge in [-0.15, -0.1) is 0 Å². The Labute approximate surface area is 80.7 Å². The van der Waals surface area contributed by atoms with Crippen molar-refractivity contribution in [2.24, 2.45) is 0 Å². The van der Waals surface area contributed by atoms with Gasteiger partial charge in [0, 0.05) is 6.42 Å². The number of hydrogen-bond acceptors (Lipinski definition) is 2. The number of halogens is 2. The first-order chi connectivity index (χ1) is 6.72. The molecule has 2 nitrogen and oxygen atoms in total. The molecule has 1 aromatic carbocycles. The number of rotatable bonds is 4. The highest BCUT2D eigenvalue weighted by Gasteiger charge is 2.02. The molecule has 0 aliphatic carbocycles. The van der Waals surface area contributed by atoms with E-state index in [2.05, 4.69) is 0 Å². The van der Waals surface area contributed by atoms with E-state index in [1.54, 1.807) is 18.2 Å². The summed E-state index contributed by atoms with van der Waals surface area (Å²) in [5.74, 6) is 0.449. The lowest BCUT2D eigenvalue weighted by molar-refractivity contribution is 0.114. The van der Waals surface area contributed by atoms with Crippen LogP contribution in [0.5, 0.6) is 5.75 Å². The molecule has 1 rings (SSSR count). The van der Waals surface area contributed by atoms with Gasteiger partial charge in [0.15, 0.2) is 0 Å². The van der Waals surface area contributed by atoms with E-state index in [0.717, 1.165) is 0 Å². The van der Waals surface area contributed by atoms with Crippen molar-refractivity contribution in [2.45, 2.75) is 12.8 Å². The van der Waals surface area contributed by atoms with Crippen molar-refractivity contribution in [3.8, 4) is 11.8 Å². The van der Waals surface area contributed by atoms with Crippen LogP contribution in [-0.4, -0.2) is 13.0 Å². The molecule has 0 heterocycles. The number of ether oxygens (including phenoxy) is 1. The van der Waals surface area contributed by atoms with Crippen molar-refractivity contribution >= 4 is 0 Å².